The molecule has 0 atom stereocenters. The van der Waals surface area contributed by atoms with Crippen LogP contribution in [-0.4, -0.2) is 17.6 Å². The van der Waals surface area contributed by atoms with Crippen LogP contribution in [0.4, 0.5) is 13.2 Å². The average Bonchev–Trinajstić information content (AvgIpc) is 2.24. The molecule has 0 aromatic carbocycles. The van der Waals surface area contributed by atoms with Gasteiger partial charge in [-0.15, -0.1) is 0 Å². The number of esters is 1. The molecular weight excluding hydrogens is 259 g/mol. The summed E-state index contributed by atoms with van der Waals surface area (Å²) in [5, 5.41) is -0.491. The van der Waals surface area contributed by atoms with Crippen molar-refractivity contribution in [1.82, 2.24) is 4.98 Å². The molecular formula is C10H9ClF3NO2. The fraction of sp³-hybridized carbons (Fsp3) is 0.400. The first-order valence-corrected chi connectivity index (χ1v) is 5.12. The average molecular weight is 268 g/mol. The molecule has 0 aliphatic carbocycles. The van der Waals surface area contributed by atoms with E-state index in [0.29, 0.717) is 0 Å². The van der Waals surface area contributed by atoms with Crippen LogP contribution in [0.1, 0.15) is 24.7 Å². The predicted octanol–water partition coefficient (Wildman–Crippen LogP) is 2.92. The zero-order chi connectivity index (χ0) is 13.0. The molecule has 0 N–H and O–H groups in total. The standard InChI is InChI=1S/C10H9ClF3NO2/c1-2-17-8(16)4-6-9(12)5(11)3-7(15-6)10(13)14/h3,10H,2,4H2,1H3. The van der Waals surface area contributed by atoms with Crippen LogP contribution in [0.15, 0.2) is 6.07 Å². The molecule has 7 heteroatoms. The van der Waals surface area contributed by atoms with Gasteiger partial charge < -0.3 is 4.74 Å². The topological polar surface area (TPSA) is 39.2 Å². The maximum Gasteiger partial charge on any atom is 0.311 e. The minimum Gasteiger partial charge on any atom is -0.466 e. The monoisotopic (exact) mass is 267 g/mol. The first kappa shape index (κ1) is 13.8. The molecule has 1 aromatic heterocycles. The first-order chi connectivity index (χ1) is 7.95. The largest absolute Gasteiger partial charge is 0.466 e. The number of hydrogen-bond acceptors (Lipinski definition) is 3. The summed E-state index contributed by atoms with van der Waals surface area (Å²) < 4.78 is 42.7. The Morgan fingerprint density at radius 1 is 1.59 bits per heavy atom. The molecule has 0 aliphatic heterocycles. The summed E-state index contributed by atoms with van der Waals surface area (Å²) >= 11 is 5.42. The minimum absolute atomic E-state index is 0.114. The van der Waals surface area contributed by atoms with E-state index in [-0.39, 0.29) is 6.61 Å². The van der Waals surface area contributed by atoms with E-state index in [9.17, 15) is 18.0 Å². The molecule has 0 saturated carbocycles. The first-order valence-electron chi connectivity index (χ1n) is 4.74. The summed E-state index contributed by atoms with van der Waals surface area (Å²) in [7, 11) is 0. The Bertz CT molecular complexity index is 426. The minimum atomic E-state index is -2.88. The molecule has 0 unspecified atom stereocenters. The smallest absolute Gasteiger partial charge is 0.311 e. The second-order valence-electron chi connectivity index (χ2n) is 3.07. The Morgan fingerprint density at radius 2 is 2.24 bits per heavy atom. The lowest BCUT2D eigenvalue weighted by molar-refractivity contribution is -0.142. The molecule has 0 amide bonds. The van der Waals surface area contributed by atoms with Crippen LogP contribution in [-0.2, 0) is 16.0 Å². The number of aromatic nitrogens is 1. The van der Waals surface area contributed by atoms with Crippen LogP contribution in [0.3, 0.4) is 0 Å². The summed E-state index contributed by atoms with van der Waals surface area (Å²) in [5.74, 6) is -1.73. The van der Waals surface area contributed by atoms with Gasteiger partial charge in [0.15, 0.2) is 5.82 Å². The summed E-state index contributed by atoms with van der Waals surface area (Å²) in [6.45, 7) is 1.69. The highest BCUT2D eigenvalue weighted by Gasteiger charge is 2.19. The summed E-state index contributed by atoms with van der Waals surface area (Å²) in [4.78, 5) is 14.4. The molecule has 0 spiro atoms. The zero-order valence-corrected chi connectivity index (χ0v) is 9.60. The molecule has 0 bridgehead atoms. The van der Waals surface area contributed by atoms with E-state index in [1.807, 2.05) is 0 Å². The van der Waals surface area contributed by atoms with Crippen molar-refractivity contribution in [3.8, 4) is 0 Å². The highest BCUT2D eigenvalue weighted by Crippen LogP contribution is 2.24. The van der Waals surface area contributed by atoms with Crippen LogP contribution in [0.2, 0.25) is 5.02 Å². The third-order valence-electron chi connectivity index (χ3n) is 1.84. The zero-order valence-electron chi connectivity index (χ0n) is 8.84. The Labute approximate surface area is 101 Å². The number of hydrogen-bond donors (Lipinski definition) is 0. The van der Waals surface area contributed by atoms with E-state index in [1.54, 1.807) is 6.92 Å². The van der Waals surface area contributed by atoms with Gasteiger partial charge in [0.1, 0.15) is 5.69 Å². The molecule has 0 fully saturated rings. The molecule has 0 aliphatic rings. The van der Waals surface area contributed by atoms with Gasteiger partial charge in [0.2, 0.25) is 0 Å². The summed E-state index contributed by atoms with van der Waals surface area (Å²) in [5.41, 5.74) is -1.11. The molecule has 3 nitrogen and oxygen atoms in total. The van der Waals surface area contributed by atoms with Crippen molar-refractivity contribution >= 4 is 17.6 Å². The number of nitrogens with zero attached hydrogens (tertiary/aromatic N) is 1. The third kappa shape index (κ3) is 3.59. The normalized spacial score (nSPS) is 10.7. The van der Waals surface area contributed by atoms with Crippen LogP contribution < -0.4 is 0 Å². The van der Waals surface area contributed by atoms with Gasteiger partial charge in [-0.1, -0.05) is 11.6 Å². The Hall–Kier alpha value is -1.30. The molecule has 17 heavy (non-hydrogen) atoms. The number of carbonyl (C=O) groups is 1. The SMILES string of the molecule is CCOC(=O)Cc1nc(C(F)F)cc(Cl)c1F. The highest BCUT2D eigenvalue weighted by atomic mass is 35.5. The summed E-state index contributed by atoms with van der Waals surface area (Å²) in [6, 6.07) is 0.732. The van der Waals surface area contributed by atoms with Crippen LogP contribution in [0.5, 0.6) is 0 Å². The number of ether oxygens (including phenoxy) is 1. The molecule has 0 radical (unpaired) electrons. The van der Waals surface area contributed by atoms with Crippen molar-refractivity contribution in [3.63, 3.8) is 0 Å². The summed E-state index contributed by atoms with van der Waals surface area (Å²) in [6.07, 6.45) is -3.41. The van der Waals surface area contributed by atoms with Gasteiger partial charge >= 0.3 is 5.97 Å². The Balaban J connectivity index is 3.01. The fourth-order valence-electron chi connectivity index (χ4n) is 1.15. The third-order valence-corrected chi connectivity index (χ3v) is 2.12. The van der Waals surface area contributed by atoms with E-state index >= 15 is 0 Å². The highest BCUT2D eigenvalue weighted by molar-refractivity contribution is 6.30. The molecule has 94 valence electrons. The van der Waals surface area contributed by atoms with E-state index in [0.717, 1.165) is 6.07 Å². The van der Waals surface area contributed by atoms with Gasteiger partial charge in [-0.2, -0.15) is 0 Å². The van der Waals surface area contributed by atoms with Crippen molar-refractivity contribution in [2.75, 3.05) is 6.61 Å². The second-order valence-corrected chi connectivity index (χ2v) is 3.48. The van der Waals surface area contributed by atoms with Gasteiger partial charge in [-0.3, -0.25) is 4.79 Å². The fourth-order valence-corrected chi connectivity index (χ4v) is 1.37. The molecule has 1 aromatic rings. The lowest BCUT2D eigenvalue weighted by Crippen LogP contribution is -2.11. The van der Waals surface area contributed by atoms with E-state index < -0.39 is 41.0 Å². The Kier molecular flexibility index (Phi) is 4.74. The number of rotatable bonds is 4. The number of alkyl halides is 2. The lowest BCUT2D eigenvalue weighted by Gasteiger charge is -2.07. The predicted molar refractivity (Wildman–Crippen MR) is 54.5 cm³/mol. The maximum absolute atomic E-state index is 13.4. The molecule has 1 rings (SSSR count). The lowest BCUT2D eigenvalue weighted by atomic mass is 10.2. The van der Waals surface area contributed by atoms with E-state index in [2.05, 4.69) is 9.72 Å². The van der Waals surface area contributed by atoms with Gasteiger partial charge in [-0.25, -0.2) is 18.2 Å². The Morgan fingerprint density at radius 3 is 2.76 bits per heavy atom. The number of halogens is 4. The van der Waals surface area contributed by atoms with Crippen molar-refractivity contribution in [2.45, 2.75) is 19.8 Å². The van der Waals surface area contributed by atoms with Crippen molar-refractivity contribution in [2.24, 2.45) is 0 Å². The van der Waals surface area contributed by atoms with E-state index in [1.165, 1.54) is 0 Å². The maximum atomic E-state index is 13.4. The van der Waals surface area contributed by atoms with Crippen molar-refractivity contribution in [3.05, 3.63) is 28.3 Å². The molecule has 0 saturated heterocycles. The quantitative estimate of drug-likeness (QED) is 0.788. The van der Waals surface area contributed by atoms with Crippen LogP contribution in [0.25, 0.3) is 0 Å². The van der Waals surface area contributed by atoms with Crippen molar-refractivity contribution in [1.29, 1.82) is 0 Å². The number of carbonyl (C=O) groups excluding carboxylic acids is 1. The van der Waals surface area contributed by atoms with E-state index in [4.69, 9.17) is 11.6 Å². The van der Waals surface area contributed by atoms with Gasteiger partial charge in [0.25, 0.3) is 6.43 Å². The van der Waals surface area contributed by atoms with Crippen molar-refractivity contribution < 1.29 is 22.7 Å². The second kappa shape index (κ2) is 5.86. The van der Waals surface area contributed by atoms with Gasteiger partial charge in [0.05, 0.1) is 23.7 Å². The van der Waals surface area contributed by atoms with Crippen LogP contribution in [0, 0.1) is 5.82 Å². The number of pyridine rings is 1. The van der Waals surface area contributed by atoms with Gasteiger partial charge in [0, 0.05) is 0 Å². The van der Waals surface area contributed by atoms with Gasteiger partial charge in [-0.05, 0) is 13.0 Å². The van der Waals surface area contributed by atoms with Crippen LogP contribution >= 0.6 is 11.6 Å². The molecule has 1 heterocycles.